The van der Waals surface area contributed by atoms with Gasteiger partial charge in [0.1, 0.15) is 15.9 Å². The highest BCUT2D eigenvalue weighted by Crippen LogP contribution is 2.31. The number of H-pyrrole nitrogens is 1. The van der Waals surface area contributed by atoms with E-state index in [-0.39, 0.29) is 32.4 Å². The number of hydrogen-bond donors (Lipinski definition) is 2. The third kappa shape index (κ3) is 3.95. The molecule has 0 bridgehead atoms. The van der Waals surface area contributed by atoms with E-state index < -0.39 is 5.91 Å². The number of rotatable bonds is 4. The summed E-state index contributed by atoms with van der Waals surface area (Å²) in [5, 5.41) is 4.00. The molecule has 2 rings (SSSR count). The van der Waals surface area contributed by atoms with Crippen LogP contribution in [-0.4, -0.2) is 11.6 Å². The maximum Gasteiger partial charge on any atom is 0.337 e. The van der Waals surface area contributed by atoms with Crippen LogP contribution in [0.15, 0.2) is 29.4 Å². The Morgan fingerprint density at radius 3 is 2.46 bits per heavy atom. The normalized spacial score (nSPS) is 11.5. The molecule has 0 unspecified atom stereocenters. The van der Waals surface area contributed by atoms with E-state index in [4.69, 9.17) is 40.5 Å². The number of carbonyl (C=O) groups excluding carboxylic acids is 1. The van der Waals surface area contributed by atoms with Gasteiger partial charge in [0.05, 0.1) is 11.4 Å². The molecule has 24 heavy (non-hydrogen) atoms. The Labute approximate surface area is 152 Å². The van der Waals surface area contributed by atoms with Gasteiger partial charge in [-0.25, -0.2) is 9.82 Å². The molecule has 1 heterocycles. The van der Waals surface area contributed by atoms with Gasteiger partial charge in [-0.15, -0.1) is 0 Å². The van der Waals surface area contributed by atoms with E-state index in [1.807, 2.05) is 6.92 Å². The second-order valence-corrected chi connectivity index (χ2v) is 5.85. The van der Waals surface area contributed by atoms with Crippen LogP contribution in [0.3, 0.4) is 0 Å². The number of nitrogens with zero attached hydrogens (tertiary/aromatic N) is 1. The fourth-order valence-electron chi connectivity index (χ4n) is 1.89. The number of hydrazone groups is 1. The Bertz CT molecular complexity index is 809. The largest absolute Gasteiger partial charge is 0.396 e. The number of hydrogen-bond acceptors (Lipinski definition) is 3. The highest BCUT2D eigenvalue weighted by atomic mass is 35.5. The molecular weight excluding hydrogens is 378 g/mol. The highest BCUT2D eigenvalue weighted by molar-refractivity contribution is 6.45. The fourth-order valence-corrected chi connectivity index (χ4v) is 2.50. The van der Waals surface area contributed by atoms with Crippen molar-refractivity contribution >= 4 is 52.1 Å². The van der Waals surface area contributed by atoms with Crippen LogP contribution in [0, 0.1) is 5.82 Å². The molecular formula is C15H13Cl3FN4O+. The summed E-state index contributed by atoms with van der Waals surface area (Å²) in [5.74, 6) is -0.996. The zero-order chi connectivity index (χ0) is 17.9. The van der Waals surface area contributed by atoms with Gasteiger partial charge in [-0.1, -0.05) is 42.3 Å². The van der Waals surface area contributed by atoms with Gasteiger partial charge in [-0.2, -0.15) is 10.1 Å². The third-order valence-electron chi connectivity index (χ3n) is 3.15. The van der Waals surface area contributed by atoms with Gasteiger partial charge >= 0.3 is 5.91 Å². The summed E-state index contributed by atoms with van der Waals surface area (Å²) in [7, 11) is 0. The number of aromatic nitrogens is 1. The predicted molar refractivity (Wildman–Crippen MR) is 93.1 cm³/mol. The summed E-state index contributed by atoms with van der Waals surface area (Å²) in [4.78, 5) is 14.8. The molecule has 0 radical (unpaired) electrons. The molecule has 5 nitrogen and oxygen atoms in total. The second-order valence-electron chi connectivity index (χ2n) is 4.72. The summed E-state index contributed by atoms with van der Waals surface area (Å²) in [6.07, 6.45) is 0.521. The standard InChI is InChI=1S/C15H12Cl3FN4O/c1-2-9(7-3-5-8(19)6-4-7)22-23-15(24)13-10(16)12(20)11(17)14(18)21-13/h3-6H,2H2,1H3,(H2,20,21)(H,23,24)/p+1/b22-9-. The lowest BCUT2D eigenvalue weighted by molar-refractivity contribution is -0.379. The molecule has 1 aromatic heterocycles. The van der Waals surface area contributed by atoms with E-state index in [0.717, 1.165) is 0 Å². The molecule has 0 spiro atoms. The minimum Gasteiger partial charge on any atom is -0.396 e. The van der Waals surface area contributed by atoms with Crippen LogP contribution in [0.1, 0.15) is 29.4 Å². The maximum absolute atomic E-state index is 13.0. The number of nitrogen functional groups attached to an aromatic ring is 1. The number of pyridine rings is 1. The first kappa shape index (κ1) is 18.4. The molecule has 0 aliphatic carbocycles. The molecule has 4 N–H and O–H groups in total. The number of nitrogens with one attached hydrogen (secondary N) is 2. The van der Waals surface area contributed by atoms with Crippen molar-refractivity contribution in [3.8, 4) is 0 Å². The number of anilines is 1. The summed E-state index contributed by atoms with van der Waals surface area (Å²) in [6, 6.07) is 5.76. The van der Waals surface area contributed by atoms with Gasteiger partial charge < -0.3 is 5.73 Å². The van der Waals surface area contributed by atoms with E-state index in [0.29, 0.717) is 17.7 Å². The van der Waals surface area contributed by atoms with E-state index in [1.54, 1.807) is 12.1 Å². The smallest absolute Gasteiger partial charge is 0.337 e. The minimum absolute atomic E-state index is 0.00883. The van der Waals surface area contributed by atoms with Crippen LogP contribution in [0.4, 0.5) is 10.1 Å². The highest BCUT2D eigenvalue weighted by Gasteiger charge is 2.26. The monoisotopic (exact) mass is 389 g/mol. The van der Waals surface area contributed by atoms with Crippen molar-refractivity contribution in [2.24, 2.45) is 5.10 Å². The Balaban J connectivity index is 2.27. The Kier molecular flexibility index (Phi) is 5.99. The average Bonchev–Trinajstić information content (AvgIpc) is 2.58. The lowest BCUT2D eigenvalue weighted by atomic mass is 10.1. The molecule has 0 aliphatic heterocycles. The zero-order valence-electron chi connectivity index (χ0n) is 12.5. The summed E-state index contributed by atoms with van der Waals surface area (Å²) in [5.41, 5.74) is 9.22. The molecule has 0 saturated heterocycles. The number of halogens is 4. The average molecular weight is 391 g/mol. The summed E-state index contributed by atoms with van der Waals surface area (Å²) in [6.45, 7) is 1.85. The third-order valence-corrected chi connectivity index (χ3v) is 4.32. The van der Waals surface area contributed by atoms with Crippen LogP contribution in [0.5, 0.6) is 0 Å². The van der Waals surface area contributed by atoms with Crippen LogP contribution < -0.4 is 16.1 Å². The number of amides is 1. The predicted octanol–water partition coefficient (Wildman–Crippen LogP) is 3.73. The lowest BCUT2D eigenvalue weighted by Crippen LogP contribution is -2.29. The van der Waals surface area contributed by atoms with Crippen molar-refractivity contribution in [2.45, 2.75) is 13.3 Å². The molecule has 1 aromatic carbocycles. The van der Waals surface area contributed by atoms with Gasteiger partial charge in [0, 0.05) is 0 Å². The first-order chi connectivity index (χ1) is 11.3. The number of aromatic amines is 1. The first-order valence-corrected chi connectivity index (χ1v) is 7.96. The quantitative estimate of drug-likeness (QED) is 0.474. The van der Waals surface area contributed by atoms with Crippen LogP contribution in [-0.2, 0) is 0 Å². The SMILES string of the molecule is CC/C(=N/NC(=O)c1[nH+]c(Cl)c(Cl)c(N)c1Cl)c1ccc(F)cc1. The fraction of sp³-hybridized carbons (Fsp3) is 0.133. The van der Waals surface area contributed by atoms with Crippen molar-refractivity contribution < 1.29 is 14.2 Å². The zero-order valence-corrected chi connectivity index (χ0v) is 14.7. The Morgan fingerprint density at radius 1 is 1.25 bits per heavy atom. The molecule has 2 aromatic rings. The van der Waals surface area contributed by atoms with E-state index >= 15 is 0 Å². The molecule has 126 valence electrons. The van der Waals surface area contributed by atoms with Crippen molar-refractivity contribution in [1.82, 2.24) is 5.43 Å². The minimum atomic E-state index is -0.640. The molecule has 0 atom stereocenters. The molecule has 0 saturated carbocycles. The molecule has 9 heteroatoms. The number of carbonyl (C=O) groups is 1. The van der Waals surface area contributed by atoms with Crippen molar-refractivity contribution in [1.29, 1.82) is 0 Å². The van der Waals surface area contributed by atoms with Crippen molar-refractivity contribution in [3.63, 3.8) is 0 Å². The number of benzene rings is 1. The van der Waals surface area contributed by atoms with Crippen LogP contribution in [0.25, 0.3) is 0 Å². The van der Waals surface area contributed by atoms with Gasteiger partial charge in [0.25, 0.3) is 10.8 Å². The maximum atomic E-state index is 13.0. The van der Waals surface area contributed by atoms with Gasteiger partial charge in [-0.3, -0.25) is 4.79 Å². The molecule has 0 aliphatic rings. The van der Waals surface area contributed by atoms with E-state index in [1.165, 1.54) is 12.1 Å². The van der Waals surface area contributed by atoms with Gasteiger partial charge in [-0.05, 0) is 35.7 Å². The Morgan fingerprint density at radius 2 is 1.88 bits per heavy atom. The molecule has 1 amide bonds. The topological polar surface area (TPSA) is 81.6 Å². The van der Waals surface area contributed by atoms with Crippen molar-refractivity contribution in [2.75, 3.05) is 5.73 Å². The van der Waals surface area contributed by atoms with E-state index in [2.05, 4.69) is 15.5 Å². The molecule has 0 fully saturated rings. The van der Waals surface area contributed by atoms with E-state index in [9.17, 15) is 9.18 Å². The van der Waals surface area contributed by atoms with Crippen LogP contribution >= 0.6 is 34.8 Å². The Hall–Kier alpha value is -1.89. The summed E-state index contributed by atoms with van der Waals surface area (Å²) >= 11 is 17.7. The first-order valence-electron chi connectivity index (χ1n) is 6.83. The second kappa shape index (κ2) is 7.79. The van der Waals surface area contributed by atoms with Crippen molar-refractivity contribution in [3.05, 3.63) is 56.5 Å². The van der Waals surface area contributed by atoms with Gasteiger partial charge in [0.15, 0.2) is 0 Å². The van der Waals surface area contributed by atoms with Gasteiger partial charge in [0.2, 0.25) is 0 Å². The lowest BCUT2D eigenvalue weighted by Gasteiger charge is -2.05. The summed E-state index contributed by atoms with van der Waals surface area (Å²) < 4.78 is 13.0. The number of nitrogens with two attached hydrogens (primary N) is 1. The van der Waals surface area contributed by atoms with Crippen LogP contribution in [0.2, 0.25) is 15.2 Å².